The van der Waals surface area contributed by atoms with Crippen molar-refractivity contribution in [3.8, 4) is 0 Å². The van der Waals surface area contributed by atoms with Crippen molar-refractivity contribution in [2.45, 2.75) is 55.5 Å². The maximum absolute atomic E-state index is 5.52. The number of hydrogen-bond donors (Lipinski definition) is 0. The van der Waals surface area contributed by atoms with E-state index < -0.39 is 0 Å². The molecule has 0 fully saturated rings. The standard InChI is InChI=1S/C11H22BrIO/c1-3-4-5-7-10(13)11(14-2)8-6-9-12/h10-11H,3-9H2,1-2H3/t10-,11+/m0/s1. The van der Waals surface area contributed by atoms with E-state index in [4.69, 9.17) is 4.74 Å². The number of hydrogen-bond acceptors (Lipinski definition) is 1. The van der Waals surface area contributed by atoms with Crippen LogP contribution in [0.25, 0.3) is 0 Å². The van der Waals surface area contributed by atoms with Gasteiger partial charge in [0.2, 0.25) is 0 Å². The molecule has 0 aliphatic rings. The van der Waals surface area contributed by atoms with Crippen LogP contribution in [0.2, 0.25) is 0 Å². The maximum atomic E-state index is 5.52. The molecule has 14 heavy (non-hydrogen) atoms. The van der Waals surface area contributed by atoms with Gasteiger partial charge < -0.3 is 4.74 Å². The molecule has 3 heteroatoms. The molecule has 0 aliphatic carbocycles. The van der Waals surface area contributed by atoms with Crippen LogP contribution in [-0.4, -0.2) is 22.5 Å². The SMILES string of the molecule is CCCCC[C@H](I)[C@@H](CCCBr)OC. The van der Waals surface area contributed by atoms with Crippen molar-refractivity contribution in [1.82, 2.24) is 0 Å². The van der Waals surface area contributed by atoms with Gasteiger partial charge in [-0.1, -0.05) is 64.7 Å². The van der Waals surface area contributed by atoms with E-state index in [0.717, 1.165) is 5.33 Å². The Balaban J connectivity index is 3.61. The lowest BCUT2D eigenvalue weighted by Gasteiger charge is -2.20. The maximum Gasteiger partial charge on any atom is 0.0689 e. The third kappa shape index (κ3) is 7.46. The molecule has 0 bridgehead atoms. The number of ether oxygens (including phenoxy) is 1. The molecule has 86 valence electrons. The Morgan fingerprint density at radius 2 is 1.93 bits per heavy atom. The molecule has 0 radical (unpaired) electrons. The normalized spacial score (nSPS) is 15.4. The molecule has 0 saturated carbocycles. The molecule has 0 aromatic carbocycles. The highest BCUT2D eigenvalue weighted by Gasteiger charge is 2.16. The quantitative estimate of drug-likeness (QED) is 0.325. The van der Waals surface area contributed by atoms with Gasteiger partial charge in [0.1, 0.15) is 0 Å². The molecule has 0 aliphatic heterocycles. The highest BCUT2D eigenvalue weighted by atomic mass is 127. The van der Waals surface area contributed by atoms with E-state index in [0.29, 0.717) is 10.0 Å². The molecule has 0 unspecified atom stereocenters. The predicted molar refractivity (Wildman–Crippen MR) is 75.8 cm³/mol. The summed E-state index contributed by atoms with van der Waals surface area (Å²) in [5.74, 6) is 0. The van der Waals surface area contributed by atoms with Crippen molar-refractivity contribution in [2.75, 3.05) is 12.4 Å². The third-order valence-corrected chi connectivity index (χ3v) is 4.40. The molecular formula is C11H22BrIO. The van der Waals surface area contributed by atoms with E-state index in [1.54, 1.807) is 0 Å². The van der Waals surface area contributed by atoms with Gasteiger partial charge in [-0.05, 0) is 19.3 Å². The fraction of sp³-hybridized carbons (Fsp3) is 1.00. The van der Waals surface area contributed by atoms with Crippen molar-refractivity contribution in [3.05, 3.63) is 0 Å². The van der Waals surface area contributed by atoms with Gasteiger partial charge in [-0.2, -0.15) is 0 Å². The molecule has 0 amide bonds. The zero-order chi connectivity index (χ0) is 10.8. The molecule has 0 aromatic rings. The summed E-state index contributed by atoms with van der Waals surface area (Å²) in [5.41, 5.74) is 0. The summed E-state index contributed by atoms with van der Waals surface area (Å²) in [6.45, 7) is 2.25. The highest BCUT2D eigenvalue weighted by molar-refractivity contribution is 14.1. The van der Waals surface area contributed by atoms with Crippen molar-refractivity contribution >= 4 is 38.5 Å². The van der Waals surface area contributed by atoms with Gasteiger partial charge >= 0.3 is 0 Å². The summed E-state index contributed by atoms with van der Waals surface area (Å²) in [4.78, 5) is 0. The monoisotopic (exact) mass is 376 g/mol. The molecule has 0 rings (SSSR count). The fourth-order valence-electron chi connectivity index (χ4n) is 1.50. The van der Waals surface area contributed by atoms with Crippen molar-refractivity contribution < 1.29 is 4.74 Å². The Labute approximate surface area is 111 Å². The number of methoxy groups -OCH3 is 1. The lowest BCUT2D eigenvalue weighted by molar-refractivity contribution is 0.0940. The smallest absolute Gasteiger partial charge is 0.0689 e. The minimum Gasteiger partial charge on any atom is -0.380 e. The fourth-order valence-corrected chi connectivity index (χ4v) is 2.92. The van der Waals surface area contributed by atoms with Crippen LogP contribution in [0.5, 0.6) is 0 Å². The van der Waals surface area contributed by atoms with Crippen LogP contribution in [0.4, 0.5) is 0 Å². The van der Waals surface area contributed by atoms with Gasteiger partial charge in [-0.15, -0.1) is 0 Å². The third-order valence-electron chi connectivity index (χ3n) is 2.41. The zero-order valence-corrected chi connectivity index (χ0v) is 13.0. The summed E-state index contributed by atoms with van der Waals surface area (Å²) >= 11 is 6.00. The molecule has 1 nitrogen and oxygen atoms in total. The Morgan fingerprint density at radius 1 is 1.21 bits per heavy atom. The summed E-state index contributed by atoms with van der Waals surface area (Å²) in [6.07, 6.45) is 8.15. The summed E-state index contributed by atoms with van der Waals surface area (Å²) in [5, 5.41) is 1.09. The molecule has 0 spiro atoms. The second-order valence-corrected chi connectivity index (χ2v) is 6.01. The molecule has 0 aromatic heterocycles. The second-order valence-electron chi connectivity index (χ2n) is 3.62. The van der Waals surface area contributed by atoms with Gasteiger partial charge in [0.05, 0.1) is 6.10 Å². The Morgan fingerprint density at radius 3 is 2.43 bits per heavy atom. The minimum absolute atomic E-state index is 0.449. The van der Waals surface area contributed by atoms with Crippen LogP contribution in [0.1, 0.15) is 45.4 Å². The van der Waals surface area contributed by atoms with Crippen molar-refractivity contribution in [2.24, 2.45) is 0 Å². The van der Waals surface area contributed by atoms with Crippen LogP contribution in [0, 0.1) is 0 Å². The van der Waals surface area contributed by atoms with Gasteiger partial charge in [0.15, 0.2) is 0 Å². The van der Waals surface area contributed by atoms with Crippen LogP contribution in [0.15, 0.2) is 0 Å². The van der Waals surface area contributed by atoms with E-state index in [1.165, 1.54) is 38.5 Å². The number of alkyl halides is 2. The first kappa shape index (κ1) is 15.2. The Hall–Kier alpha value is 1.17. The zero-order valence-electron chi connectivity index (χ0n) is 9.27. The van der Waals surface area contributed by atoms with Crippen LogP contribution < -0.4 is 0 Å². The highest BCUT2D eigenvalue weighted by Crippen LogP contribution is 2.21. The van der Waals surface area contributed by atoms with Crippen LogP contribution in [0.3, 0.4) is 0 Å². The minimum atomic E-state index is 0.449. The summed E-state index contributed by atoms with van der Waals surface area (Å²) in [6, 6.07) is 0. The van der Waals surface area contributed by atoms with Gasteiger partial charge in [-0.25, -0.2) is 0 Å². The van der Waals surface area contributed by atoms with Crippen LogP contribution in [-0.2, 0) is 4.74 Å². The number of halogens is 2. The average molecular weight is 377 g/mol. The largest absolute Gasteiger partial charge is 0.380 e. The molecule has 0 saturated heterocycles. The van der Waals surface area contributed by atoms with E-state index in [-0.39, 0.29) is 0 Å². The van der Waals surface area contributed by atoms with E-state index in [1.807, 2.05) is 7.11 Å². The van der Waals surface area contributed by atoms with Crippen molar-refractivity contribution in [1.29, 1.82) is 0 Å². The van der Waals surface area contributed by atoms with E-state index in [9.17, 15) is 0 Å². The van der Waals surface area contributed by atoms with E-state index in [2.05, 4.69) is 45.4 Å². The first-order valence-corrected chi connectivity index (χ1v) is 7.85. The van der Waals surface area contributed by atoms with Crippen molar-refractivity contribution in [3.63, 3.8) is 0 Å². The predicted octanol–water partition coefficient (Wildman–Crippen LogP) is 4.56. The Kier molecular flexibility index (Phi) is 11.6. The first-order chi connectivity index (χ1) is 6.76. The lowest BCUT2D eigenvalue weighted by atomic mass is 10.1. The number of unbranched alkanes of at least 4 members (excludes halogenated alkanes) is 2. The Bertz CT molecular complexity index is 122. The van der Waals surface area contributed by atoms with Gasteiger partial charge in [-0.3, -0.25) is 0 Å². The first-order valence-electron chi connectivity index (χ1n) is 5.49. The number of rotatable bonds is 9. The lowest BCUT2D eigenvalue weighted by Crippen LogP contribution is -2.23. The topological polar surface area (TPSA) is 9.23 Å². The van der Waals surface area contributed by atoms with Crippen LogP contribution >= 0.6 is 38.5 Å². The second kappa shape index (κ2) is 10.7. The molecule has 0 N–H and O–H groups in total. The van der Waals surface area contributed by atoms with Gasteiger partial charge in [0, 0.05) is 16.4 Å². The summed E-state index contributed by atoms with van der Waals surface area (Å²) in [7, 11) is 1.84. The molecular weight excluding hydrogens is 355 g/mol. The van der Waals surface area contributed by atoms with Gasteiger partial charge in [0.25, 0.3) is 0 Å². The molecule has 0 heterocycles. The molecule has 2 atom stereocenters. The average Bonchev–Trinajstić information content (AvgIpc) is 2.19. The van der Waals surface area contributed by atoms with E-state index >= 15 is 0 Å². The summed E-state index contributed by atoms with van der Waals surface area (Å²) < 4.78 is 6.20.